The number of rotatable bonds is 3. The van der Waals surface area contributed by atoms with Crippen LogP contribution in [-0.2, 0) is 18.3 Å². The van der Waals surface area contributed by atoms with E-state index in [9.17, 15) is 4.79 Å². The Kier molecular flexibility index (Phi) is 3.94. The molecule has 1 aromatic heterocycles. The van der Waals surface area contributed by atoms with Crippen molar-refractivity contribution in [3.8, 4) is 0 Å². The Hall–Kier alpha value is -1.76. The second-order valence-electron chi connectivity index (χ2n) is 4.78. The molecule has 0 spiro atoms. The highest BCUT2D eigenvalue weighted by atomic mass is 16.5. The van der Waals surface area contributed by atoms with Gasteiger partial charge in [-0.25, -0.2) is 4.79 Å². The number of nitrogens with zero attached hydrogens (tertiary/aromatic N) is 3. The molecule has 0 radical (unpaired) electrons. The molecule has 0 saturated carbocycles. The monoisotopic (exact) mass is 267 g/mol. The van der Waals surface area contributed by atoms with Gasteiger partial charge in [-0.3, -0.25) is 4.68 Å². The van der Waals surface area contributed by atoms with E-state index in [1.54, 1.807) is 0 Å². The average Bonchev–Trinajstić information content (AvgIpc) is 2.93. The molecule has 1 aliphatic heterocycles. The van der Waals surface area contributed by atoms with Crippen molar-refractivity contribution >= 4 is 11.9 Å². The maximum Gasteiger partial charge on any atom is 0.407 e. The third kappa shape index (κ3) is 2.65. The Morgan fingerprint density at radius 2 is 2.37 bits per heavy atom. The van der Waals surface area contributed by atoms with Crippen molar-refractivity contribution < 1.29 is 9.53 Å². The summed E-state index contributed by atoms with van der Waals surface area (Å²) in [5, 5.41) is 7.24. The molecule has 1 saturated heterocycles. The van der Waals surface area contributed by atoms with Crippen molar-refractivity contribution in [2.45, 2.75) is 25.9 Å². The van der Waals surface area contributed by atoms with E-state index in [1.807, 2.05) is 18.7 Å². The van der Waals surface area contributed by atoms with Crippen LogP contribution >= 0.6 is 0 Å². The van der Waals surface area contributed by atoms with E-state index in [2.05, 4.69) is 20.1 Å². The molecule has 1 aliphatic rings. The van der Waals surface area contributed by atoms with Gasteiger partial charge in [-0.1, -0.05) is 0 Å². The van der Waals surface area contributed by atoms with E-state index in [0.29, 0.717) is 6.54 Å². The number of aryl methyl sites for hydroxylation is 2. The van der Waals surface area contributed by atoms with Crippen molar-refractivity contribution in [2.75, 3.05) is 25.1 Å². The van der Waals surface area contributed by atoms with Gasteiger partial charge in [0.2, 0.25) is 0 Å². The van der Waals surface area contributed by atoms with E-state index in [0.717, 1.165) is 36.6 Å². The van der Waals surface area contributed by atoms with Crippen LogP contribution < -0.4 is 16.0 Å². The van der Waals surface area contributed by atoms with Crippen LogP contribution in [0, 0.1) is 6.92 Å². The summed E-state index contributed by atoms with van der Waals surface area (Å²) in [5.74, 6) is 1.05. The minimum absolute atomic E-state index is 0.105. The fourth-order valence-electron chi connectivity index (χ4n) is 2.62. The van der Waals surface area contributed by atoms with Crippen molar-refractivity contribution in [1.82, 2.24) is 15.1 Å². The Morgan fingerprint density at radius 3 is 3.00 bits per heavy atom. The van der Waals surface area contributed by atoms with Gasteiger partial charge in [-0.2, -0.15) is 5.10 Å². The first kappa shape index (κ1) is 13.7. The lowest BCUT2D eigenvalue weighted by atomic mass is 10.2. The number of methoxy groups -OCH3 is 1. The van der Waals surface area contributed by atoms with Crippen LogP contribution in [0.2, 0.25) is 0 Å². The lowest BCUT2D eigenvalue weighted by Gasteiger charge is -2.20. The molecule has 0 aromatic carbocycles. The molecule has 1 amide bonds. The minimum atomic E-state index is -0.382. The molecule has 2 heterocycles. The summed E-state index contributed by atoms with van der Waals surface area (Å²) in [7, 11) is 3.29. The smallest absolute Gasteiger partial charge is 0.407 e. The van der Waals surface area contributed by atoms with E-state index < -0.39 is 0 Å². The largest absolute Gasteiger partial charge is 0.453 e. The first-order valence-electron chi connectivity index (χ1n) is 6.38. The van der Waals surface area contributed by atoms with Crippen LogP contribution in [0.4, 0.5) is 10.6 Å². The van der Waals surface area contributed by atoms with Crippen LogP contribution in [-0.4, -0.2) is 42.1 Å². The Morgan fingerprint density at radius 1 is 1.63 bits per heavy atom. The first-order chi connectivity index (χ1) is 9.06. The van der Waals surface area contributed by atoms with Gasteiger partial charge in [0.15, 0.2) is 0 Å². The highest BCUT2D eigenvalue weighted by molar-refractivity contribution is 5.67. The molecular weight excluding hydrogens is 246 g/mol. The van der Waals surface area contributed by atoms with Gasteiger partial charge in [0.25, 0.3) is 0 Å². The van der Waals surface area contributed by atoms with Gasteiger partial charge >= 0.3 is 6.09 Å². The van der Waals surface area contributed by atoms with Crippen LogP contribution in [0.1, 0.15) is 17.7 Å². The fraction of sp³-hybridized carbons (Fsp3) is 0.667. The van der Waals surface area contributed by atoms with Gasteiger partial charge < -0.3 is 20.7 Å². The first-order valence-corrected chi connectivity index (χ1v) is 6.38. The molecule has 106 valence electrons. The lowest BCUT2D eigenvalue weighted by molar-refractivity contribution is 0.167. The number of aromatic nitrogens is 2. The molecule has 0 aliphatic carbocycles. The summed E-state index contributed by atoms with van der Waals surface area (Å²) < 4.78 is 6.48. The van der Waals surface area contributed by atoms with E-state index in [1.165, 1.54) is 7.11 Å². The molecule has 1 aromatic rings. The SMILES string of the molecule is COC(=O)NC1CCN(c2c(CN)c(C)nn2C)C1. The van der Waals surface area contributed by atoms with Crippen molar-refractivity contribution in [3.05, 3.63) is 11.3 Å². The van der Waals surface area contributed by atoms with Gasteiger partial charge in [-0.15, -0.1) is 0 Å². The number of hydrogen-bond acceptors (Lipinski definition) is 5. The molecule has 7 heteroatoms. The summed E-state index contributed by atoms with van der Waals surface area (Å²) in [6.45, 7) is 4.06. The molecule has 1 unspecified atom stereocenters. The third-order valence-electron chi connectivity index (χ3n) is 3.51. The standard InChI is InChI=1S/C12H21N5O2/c1-8-10(6-13)11(16(2)15-8)17-5-4-9(7-17)14-12(18)19-3/h9H,4-7,13H2,1-3H3,(H,14,18). The number of amides is 1. The zero-order valence-electron chi connectivity index (χ0n) is 11.6. The van der Waals surface area contributed by atoms with Crippen LogP contribution in [0.15, 0.2) is 0 Å². The molecular formula is C12H21N5O2. The molecule has 1 fully saturated rings. The summed E-state index contributed by atoms with van der Waals surface area (Å²) in [6.07, 6.45) is 0.510. The predicted molar refractivity (Wildman–Crippen MR) is 72.0 cm³/mol. The van der Waals surface area contributed by atoms with Crippen molar-refractivity contribution in [2.24, 2.45) is 12.8 Å². The lowest BCUT2D eigenvalue weighted by Crippen LogP contribution is -2.37. The van der Waals surface area contributed by atoms with Crippen LogP contribution in [0.25, 0.3) is 0 Å². The van der Waals surface area contributed by atoms with Gasteiger partial charge in [0, 0.05) is 32.2 Å². The number of carbonyl (C=O) groups excluding carboxylic acids is 1. The third-order valence-corrected chi connectivity index (χ3v) is 3.51. The quantitative estimate of drug-likeness (QED) is 0.812. The predicted octanol–water partition coefficient (Wildman–Crippen LogP) is 0.122. The maximum atomic E-state index is 11.2. The second kappa shape index (κ2) is 5.48. The Labute approximate surface area is 112 Å². The van der Waals surface area contributed by atoms with E-state index in [4.69, 9.17) is 5.73 Å². The fourth-order valence-corrected chi connectivity index (χ4v) is 2.62. The van der Waals surface area contributed by atoms with Crippen LogP contribution in [0.3, 0.4) is 0 Å². The summed E-state index contributed by atoms with van der Waals surface area (Å²) in [4.78, 5) is 13.4. The summed E-state index contributed by atoms with van der Waals surface area (Å²) >= 11 is 0. The maximum absolute atomic E-state index is 11.2. The number of ether oxygens (including phenoxy) is 1. The highest BCUT2D eigenvalue weighted by Crippen LogP contribution is 2.26. The zero-order valence-corrected chi connectivity index (χ0v) is 11.6. The number of nitrogens with one attached hydrogen (secondary N) is 1. The molecule has 1 atom stereocenters. The van der Waals surface area contributed by atoms with Gasteiger partial charge in [0.1, 0.15) is 5.82 Å². The zero-order chi connectivity index (χ0) is 14.0. The number of nitrogens with two attached hydrogens (primary N) is 1. The van der Waals surface area contributed by atoms with Gasteiger partial charge in [-0.05, 0) is 13.3 Å². The van der Waals surface area contributed by atoms with Gasteiger partial charge in [0.05, 0.1) is 18.8 Å². The Bertz CT molecular complexity index is 471. The van der Waals surface area contributed by atoms with Crippen LogP contribution in [0.5, 0.6) is 0 Å². The number of alkyl carbamates (subject to hydrolysis) is 1. The second-order valence-corrected chi connectivity index (χ2v) is 4.78. The number of anilines is 1. The van der Waals surface area contributed by atoms with Crippen molar-refractivity contribution in [3.63, 3.8) is 0 Å². The minimum Gasteiger partial charge on any atom is -0.453 e. The van der Waals surface area contributed by atoms with E-state index >= 15 is 0 Å². The molecule has 3 N–H and O–H groups in total. The van der Waals surface area contributed by atoms with E-state index in [-0.39, 0.29) is 12.1 Å². The Balaban J connectivity index is 2.10. The highest BCUT2D eigenvalue weighted by Gasteiger charge is 2.28. The topological polar surface area (TPSA) is 85.4 Å². The normalized spacial score (nSPS) is 18.7. The molecule has 0 bridgehead atoms. The molecule has 2 rings (SSSR count). The summed E-state index contributed by atoms with van der Waals surface area (Å²) in [5.41, 5.74) is 7.83. The molecule has 19 heavy (non-hydrogen) atoms. The number of hydrogen-bond donors (Lipinski definition) is 2. The van der Waals surface area contributed by atoms with Crippen molar-refractivity contribution in [1.29, 1.82) is 0 Å². The number of carbonyl (C=O) groups is 1. The average molecular weight is 267 g/mol. The molecule has 7 nitrogen and oxygen atoms in total. The summed E-state index contributed by atoms with van der Waals surface area (Å²) in [6, 6.07) is 0.105.